The summed E-state index contributed by atoms with van der Waals surface area (Å²) in [7, 11) is 0. The third kappa shape index (κ3) is 12.7. The van der Waals surface area contributed by atoms with Gasteiger partial charge in [0.1, 0.15) is 5.75 Å². The van der Waals surface area contributed by atoms with Gasteiger partial charge < -0.3 is 19.7 Å². The lowest BCUT2D eigenvalue weighted by Crippen LogP contribution is -2.39. The number of benzene rings is 1. The van der Waals surface area contributed by atoms with Crippen molar-refractivity contribution >= 4 is 11.9 Å². The van der Waals surface area contributed by atoms with E-state index in [0.29, 0.717) is 26.2 Å². The standard InChI is InChI=1S/C20H28N2O4.C2HF3O2/c21-11-4-2-1-3-5-14-25-18-8-6-17(7-9-18)19-16-22(13-15-26-19)12-10-20(23)24;3-2(4,5)1(6)7/h6-9,19H,1-5,10,12-16H2,(H,23,24);(H,6,7). The number of alkyl halides is 3. The van der Waals surface area contributed by atoms with Crippen molar-refractivity contribution in [3.63, 3.8) is 0 Å². The molecule has 2 rings (SSSR count). The second-order valence-electron chi connectivity index (χ2n) is 7.35. The van der Waals surface area contributed by atoms with E-state index in [1.165, 1.54) is 0 Å². The number of morpholine rings is 1. The van der Waals surface area contributed by atoms with Crippen LogP contribution in [0, 0.1) is 11.3 Å². The van der Waals surface area contributed by atoms with Gasteiger partial charge in [0.25, 0.3) is 0 Å². The largest absolute Gasteiger partial charge is 0.494 e. The molecule has 1 atom stereocenters. The molecular weight excluding hydrogens is 445 g/mol. The van der Waals surface area contributed by atoms with E-state index in [1.807, 2.05) is 24.3 Å². The highest BCUT2D eigenvalue weighted by molar-refractivity contribution is 5.73. The zero-order valence-corrected chi connectivity index (χ0v) is 18.2. The van der Waals surface area contributed by atoms with Gasteiger partial charge >= 0.3 is 18.1 Å². The van der Waals surface area contributed by atoms with Crippen LogP contribution >= 0.6 is 0 Å². The van der Waals surface area contributed by atoms with Gasteiger partial charge in [-0.15, -0.1) is 0 Å². The molecule has 1 unspecified atom stereocenters. The maximum Gasteiger partial charge on any atom is 0.490 e. The predicted octanol–water partition coefficient (Wildman–Crippen LogP) is 4.02. The molecular formula is C22H29F3N2O6. The lowest BCUT2D eigenvalue weighted by molar-refractivity contribution is -0.192. The fourth-order valence-electron chi connectivity index (χ4n) is 2.99. The number of rotatable bonds is 11. The quantitative estimate of drug-likeness (QED) is 0.462. The smallest absolute Gasteiger partial charge is 0.490 e. The van der Waals surface area contributed by atoms with Crippen LogP contribution in [0.2, 0.25) is 0 Å². The fourth-order valence-corrected chi connectivity index (χ4v) is 2.99. The maximum absolute atomic E-state index is 10.7. The number of unbranched alkanes of at least 4 members (excludes halogenated alkanes) is 4. The topological polar surface area (TPSA) is 120 Å². The Morgan fingerprint density at radius 1 is 1.15 bits per heavy atom. The van der Waals surface area contributed by atoms with E-state index in [1.54, 1.807) is 0 Å². The Morgan fingerprint density at radius 3 is 2.36 bits per heavy atom. The summed E-state index contributed by atoms with van der Waals surface area (Å²) in [4.78, 5) is 21.8. The van der Waals surface area contributed by atoms with Gasteiger partial charge in [-0.1, -0.05) is 25.0 Å². The molecule has 2 N–H and O–H groups in total. The minimum Gasteiger partial charge on any atom is -0.494 e. The second-order valence-corrected chi connectivity index (χ2v) is 7.35. The molecule has 1 aromatic carbocycles. The van der Waals surface area contributed by atoms with Crippen LogP contribution in [-0.4, -0.2) is 66.1 Å². The van der Waals surface area contributed by atoms with E-state index >= 15 is 0 Å². The third-order valence-corrected chi connectivity index (χ3v) is 4.74. The number of carboxylic acid groups (broad SMARTS) is 2. The molecule has 0 aromatic heterocycles. The van der Waals surface area contributed by atoms with Crippen LogP contribution in [0.25, 0.3) is 0 Å². The van der Waals surface area contributed by atoms with E-state index in [-0.39, 0.29) is 12.5 Å². The Morgan fingerprint density at radius 2 is 1.79 bits per heavy atom. The van der Waals surface area contributed by atoms with Gasteiger partial charge in [-0.05, 0) is 30.5 Å². The number of carboxylic acids is 2. The molecule has 1 heterocycles. The van der Waals surface area contributed by atoms with Crippen molar-refractivity contribution in [2.75, 3.05) is 32.8 Å². The molecule has 0 spiro atoms. The van der Waals surface area contributed by atoms with Crippen LogP contribution < -0.4 is 4.74 Å². The van der Waals surface area contributed by atoms with E-state index in [9.17, 15) is 18.0 Å². The Bertz CT molecular complexity index is 765. The first-order chi connectivity index (χ1) is 15.6. The summed E-state index contributed by atoms with van der Waals surface area (Å²) in [6, 6.07) is 10.1. The number of hydrogen-bond acceptors (Lipinski definition) is 6. The van der Waals surface area contributed by atoms with Crippen molar-refractivity contribution in [1.29, 1.82) is 5.26 Å². The molecule has 8 nitrogen and oxygen atoms in total. The summed E-state index contributed by atoms with van der Waals surface area (Å²) < 4.78 is 43.3. The highest BCUT2D eigenvalue weighted by Gasteiger charge is 2.38. The molecule has 33 heavy (non-hydrogen) atoms. The number of carbonyl (C=O) groups is 2. The second kappa shape index (κ2) is 15.1. The van der Waals surface area contributed by atoms with E-state index in [2.05, 4.69) is 11.0 Å². The molecule has 0 radical (unpaired) electrons. The number of ether oxygens (including phenoxy) is 2. The first kappa shape index (κ1) is 28.2. The van der Waals surface area contributed by atoms with Gasteiger partial charge in [0, 0.05) is 26.1 Å². The molecule has 1 fully saturated rings. The van der Waals surface area contributed by atoms with Crippen molar-refractivity contribution in [3.05, 3.63) is 29.8 Å². The number of halogens is 3. The van der Waals surface area contributed by atoms with Gasteiger partial charge in [-0.2, -0.15) is 18.4 Å². The first-order valence-corrected chi connectivity index (χ1v) is 10.6. The summed E-state index contributed by atoms with van der Waals surface area (Å²) in [6.07, 6.45) is -0.176. The van der Waals surface area contributed by atoms with Gasteiger partial charge in [0.2, 0.25) is 0 Å². The minimum atomic E-state index is -5.08. The third-order valence-electron chi connectivity index (χ3n) is 4.74. The van der Waals surface area contributed by atoms with Gasteiger partial charge in [-0.3, -0.25) is 9.69 Å². The first-order valence-electron chi connectivity index (χ1n) is 10.6. The average Bonchev–Trinajstić information content (AvgIpc) is 2.77. The maximum atomic E-state index is 10.7. The van der Waals surface area contributed by atoms with Crippen molar-refractivity contribution in [2.24, 2.45) is 0 Å². The monoisotopic (exact) mass is 474 g/mol. The normalized spacial score (nSPS) is 16.2. The molecule has 0 saturated carbocycles. The summed E-state index contributed by atoms with van der Waals surface area (Å²) in [5, 5.41) is 24.4. The Balaban J connectivity index is 0.000000675. The molecule has 1 saturated heterocycles. The van der Waals surface area contributed by atoms with Crippen molar-refractivity contribution < 1.29 is 42.4 Å². The SMILES string of the molecule is N#CCCCCCCOc1ccc(C2CN(CCC(=O)O)CCO2)cc1.O=C(O)C(F)(F)F. The minimum absolute atomic E-state index is 0.0215. The summed E-state index contributed by atoms with van der Waals surface area (Å²) >= 11 is 0. The van der Waals surface area contributed by atoms with E-state index < -0.39 is 18.1 Å². The molecule has 1 aliphatic heterocycles. The Kier molecular flexibility index (Phi) is 12.9. The molecule has 11 heteroatoms. The lowest BCUT2D eigenvalue weighted by atomic mass is 10.1. The number of nitriles is 1. The number of hydrogen-bond donors (Lipinski definition) is 2. The molecule has 0 amide bonds. The highest BCUT2D eigenvalue weighted by Crippen LogP contribution is 2.24. The summed E-state index contributed by atoms with van der Waals surface area (Å²) in [6.45, 7) is 3.36. The summed E-state index contributed by atoms with van der Waals surface area (Å²) in [5.41, 5.74) is 1.09. The van der Waals surface area contributed by atoms with Crippen molar-refractivity contribution in [2.45, 2.75) is 50.8 Å². The van der Waals surface area contributed by atoms with Crippen LogP contribution in [-0.2, 0) is 14.3 Å². The van der Waals surface area contributed by atoms with E-state index in [0.717, 1.165) is 50.1 Å². The number of nitrogens with zero attached hydrogens (tertiary/aromatic N) is 2. The van der Waals surface area contributed by atoms with Crippen LogP contribution in [0.3, 0.4) is 0 Å². The van der Waals surface area contributed by atoms with Crippen LogP contribution in [0.4, 0.5) is 13.2 Å². The van der Waals surface area contributed by atoms with Crippen molar-refractivity contribution in [1.82, 2.24) is 4.90 Å². The van der Waals surface area contributed by atoms with Gasteiger partial charge in [-0.25, -0.2) is 4.79 Å². The Labute approximate surface area is 190 Å². The summed E-state index contributed by atoms with van der Waals surface area (Å²) in [5.74, 6) is -2.67. The van der Waals surface area contributed by atoms with Gasteiger partial charge in [0.15, 0.2) is 0 Å². The predicted molar refractivity (Wildman–Crippen MR) is 112 cm³/mol. The number of aliphatic carboxylic acids is 2. The van der Waals surface area contributed by atoms with E-state index in [4.69, 9.17) is 29.7 Å². The molecule has 1 aliphatic rings. The van der Waals surface area contributed by atoms with Crippen molar-refractivity contribution in [3.8, 4) is 11.8 Å². The van der Waals surface area contributed by atoms with Gasteiger partial charge in [0.05, 0.1) is 31.8 Å². The molecule has 0 aliphatic carbocycles. The highest BCUT2D eigenvalue weighted by atomic mass is 19.4. The van der Waals surface area contributed by atoms with Crippen LogP contribution in [0.5, 0.6) is 5.75 Å². The Hall–Kier alpha value is -2.84. The molecule has 184 valence electrons. The zero-order chi connectivity index (χ0) is 24.7. The molecule has 0 bridgehead atoms. The fraction of sp³-hybridized carbons (Fsp3) is 0.591. The van der Waals surface area contributed by atoms with Crippen LogP contribution in [0.1, 0.15) is 50.2 Å². The zero-order valence-electron chi connectivity index (χ0n) is 18.2. The average molecular weight is 474 g/mol. The molecule has 1 aromatic rings. The lowest BCUT2D eigenvalue weighted by Gasteiger charge is -2.32. The van der Waals surface area contributed by atoms with Crippen LogP contribution in [0.15, 0.2) is 24.3 Å².